The summed E-state index contributed by atoms with van der Waals surface area (Å²) >= 11 is 4.89. The Bertz CT molecular complexity index is 610. The molecule has 18 heavy (non-hydrogen) atoms. The summed E-state index contributed by atoms with van der Waals surface area (Å²) in [6, 6.07) is 7.62. The first-order valence-corrected chi connectivity index (χ1v) is 6.17. The topological polar surface area (TPSA) is 52.9 Å². The molecule has 0 aliphatic carbocycles. The number of nitrogens with zero attached hydrogens (tertiary/aromatic N) is 2. The molecule has 1 heterocycles. The maximum absolute atomic E-state index is 11.9. The average molecular weight is 261 g/mol. The van der Waals surface area contributed by atoms with Crippen LogP contribution in [0.15, 0.2) is 41.5 Å². The van der Waals surface area contributed by atoms with Gasteiger partial charge in [-0.15, -0.1) is 0 Å². The minimum Gasteiger partial charge on any atom is -0.389 e. The van der Waals surface area contributed by atoms with Crippen molar-refractivity contribution in [3.63, 3.8) is 0 Å². The molecule has 0 spiro atoms. The van der Waals surface area contributed by atoms with E-state index < -0.39 is 0 Å². The summed E-state index contributed by atoms with van der Waals surface area (Å²) in [7, 11) is 0. The van der Waals surface area contributed by atoms with Crippen LogP contribution in [0.1, 0.15) is 18.1 Å². The molecule has 0 unspecified atom stereocenters. The molecule has 0 radical (unpaired) electrons. The van der Waals surface area contributed by atoms with Gasteiger partial charge in [0.25, 0.3) is 0 Å². The van der Waals surface area contributed by atoms with Gasteiger partial charge in [0.15, 0.2) is 0 Å². The number of imidazole rings is 1. The largest absolute Gasteiger partial charge is 0.389 e. The molecule has 1 aromatic carbocycles. The van der Waals surface area contributed by atoms with Gasteiger partial charge >= 0.3 is 5.69 Å². The van der Waals surface area contributed by atoms with E-state index >= 15 is 0 Å². The average Bonchev–Trinajstić information content (AvgIpc) is 2.71. The normalized spacial score (nSPS) is 10.5. The molecule has 0 aliphatic heterocycles. The second kappa shape index (κ2) is 5.18. The highest BCUT2D eigenvalue weighted by Gasteiger charge is 2.03. The molecule has 94 valence electrons. The van der Waals surface area contributed by atoms with Crippen LogP contribution < -0.4 is 11.4 Å². The Kier molecular flexibility index (Phi) is 3.62. The van der Waals surface area contributed by atoms with Gasteiger partial charge in [-0.3, -0.25) is 9.13 Å². The quantitative estimate of drug-likeness (QED) is 0.845. The fourth-order valence-electron chi connectivity index (χ4n) is 1.79. The molecule has 0 saturated heterocycles. The summed E-state index contributed by atoms with van der Waals surface area (Å²) < 4.78 is 3.35. The van der Waals surface area contributed by atoms with Gasteiger partial charge in [0, 0.05) is 24.5 Å². The van der Waals surface area contributed by atoms with Crippen molar-refractivity contribution in [1.82, 2.24) is 9.13 Å². The van der Waals surface area contributed by atoms with Gasteiger partial charge < -0.3 is 5.73 Å². The van der Waals surface area contributed by atoms with E-state index in [9.17, 15) is 4.79 Å². The number of hydrogen-bond donors (Lipinski definition) is 1. The first-order valence-electron chi connectivity index (χ1n) is 5.76. The van der Waals surface area contributed by atoms with Gasteiger partial charge in [0.1, 0.15) is 4.99 Å². The van der Waals surface area contributed by atoms with Gasteiger partial charge in [-0.1, -0.05) is 36.5 Å². The molecule has 0 bridgehead atoms. The van der Waals surface area contributed by atoms with Crippen LogP contribution in [0.25, 0.3) is 0 Å². The van der Waals surface area contributed by atoms with Crippen molar-refractivity contribution in [2.24, 2.45) is 5.73 Å². The number of benzene rings is 1. The van der Waals surface area contributed by atoms with Crippen LogP contribution >= 0.6 is 12.2 Å². The fraction of sp³-hybridized carbons (Fsp3) is 0.231. The predicted molar refractivity (Wildman–Crippen MR) is 75.8 cm³/mol. The number of rotatable bonds is 4. The Hall–Kier alpha value is -1.88. The van der Waals surface area contributed by atoms with Crippen molar-refractivity contribution >= 4 is 17.2 Å². The molecule has 1 aromatic heterocycles. The molecule has 2 N–H and O–H groups in total. The van der Waals surface area contributed by atoms with E-state index in [1.807, 2.05) is 31.2 Å². The third-order valence-corrected chi connectivity index (χ3v) is 3.09. The number of thiocarbonyl (C=S) groups is 1. The monoisotopic (exact) mass is 261 g/mol. The molecular formula is C13H15N3OS. The second-order valence-electron chi connectivity index (χ2n) is 4.06. The molecule has 4 nitrogen and oxygen atoms in total. The number of hydrogen-bond acceptors (Lipinski definition) is 2. The molecule has 0 amide bonds. The van der Waals surface area contributed by atoms with Crippen LogP contribution in [-0.4, -0.2) is 14.1 Å². The van der Waals surface area contributed by atoms with E-state index in [-0.39, 0.29) is 5.69 Å². The van der Waals surface area contributed by atoms with Crippen LogP contribution in [0.3, 0.4) is 0 Å². The minimum absolute atomic E-state index is 0.0101. The third kappa shape index (κ3) is 2.51. The fourth-order valence-corrected chi connectivity index (χ4v) is 1.92. The van der Waals surface area contributed by atoms with Crippen LogP contribution in [-0.2, 0) is 13.1 Å². The van der Waals surface area contributed by atoms with E-state index in [4.69, 9.17) is 18.0 Å². The lowest BCUT2D eigenvalue weighted by molar-refractivity contribution is 0.668. The lowest BCUT2D eigenvalue weighted by Crippen LogP contribution is -2.23. The molecule has 0 saturated carbocycles. The third-order valence-electron chi connectivity index (χ3n) is 2.85. The highest BCUT2D eigenvalue weighted by molar-refractivity contribution is 7.80. The van der Waals surface area contributed by atoms with Crippen molar-refractivity contribution in [3.8, 4) is 0 Å². The molecule has 5 heteroatoms. The van der Waals surface area contributed by atoms with Gasteiger partial charge in [-0.05, 0) is 12.5 Å². The molecule has 2 rings (SSSR count). The molecule has 0 fully saturated rings. The lowest BCUT2D eigenvalue weighted by atomic mass is 10.1. The van der Waals surface area contributed by atoms with Crippen LogP contribution in [0.4, 0.5) is 0 Å². The smallest absolute Gasteiger partial charge is 0.328 e. The Morgan fingerprint density at radius 2 is 1.83 bits per heavy atom. The maximum atomic E-state index is 11.9. The summed E-state index contributed by atoms with van der Waals surface area (Å²) in [6.07, 6.45) is 3.60. The summed E-state index contributed by atoms with van der Waals surface area (Å²) in [5.74, 6) is 0. The van der Waals surface area contributed by atoms with Crippen LogP contribution in [0, 0.1) is 0 Å². The molecule has 0 aliphatic rings. The van der Waals surface area contributed by atoms with Crippen molar-refractivity contribution < 1.29 is 0 Å². The zero-order valence-corrected chi connectivity index (χ0v) is 11.0. The summed E-state index contributed by atoms with van der Waals surface area (Å²) in [5, 5.41) is 0. The molecule has 0 atom stereocenters. The zero-order chi connectivity index (χ0) is 13.1. The van der Waals surface area contributed by atoms with E-state index in [0.717, 1.165) is 11.1 Å². The van der Waals surface area contributed by atoms with Crippen molar-refractivity contribution in [1.29, 1.82) is 0 Å². The van der Waals surface area contributed by atoms with E-state index in [1.54, 1.807) is 21.5 Å². The minimum atomic E-state index is 0.0101. The lowest BCUT2D eigenvalue weighted by Gasteiger charge is -2.03. The summed E-state index contributed by atoms with van der Waals surface area (Å²) in [5.41, 5.74) is 7.43. The Morgan fingerprint density at radius 1 is 1.22 bits per heavy atom. The van der Waals surface area contributed by atoms with Gasteiger partial charge in [0.2, 0.25) is 0 Å². The summed E-state index contributed by atoms with van der Waals surface area (Å²) in [4.78, 5) is 12.2. The van der Waals surface area contributed by atoms with Crippen molar-refractivity contribution in [3.05, 3.63) is 58.3 Å². The SMILES string of the molecule is CCn1ccn(Cc2ccc(C(N)=S)cc2)c1=O. The Labute approximate surface area is 111 Å². The predicted octanol–water partition coefficient (Wildman–Crippen LogP) is 1.35. The number of aryl methyl sites for hydroxylation is 1. The standard InChI is InChI=1S/C13H15N3OS/c1-2-15-7-8-16(13(15)17)9-10-3-5-11(6-4-10)12(14)18/h3-8H,2,9H2,1H3,(H2,14,18). The van der Waals surface area contributed by atoms with Gasteiger partial charge in [-0.25, -0.2) is 4.79 Å². The highest BCUT2D eigenvalue weighted by Crippen LogP contribution is 2.05. The second-order valence-corrected chi connectivity index (χ2v) is 4.50. The van der Waals surface area contributed by atoms with Gasteiger partial charge in [0.05, 0.1) is 6.54 Å². The first-order chi connectivity index (χ1) is 8.61. The van der Waals surface area contributed by atoms with E-state index in [1.165, 1.54) is 0 Å². The number of nitrogens with two attached hydrogens (primary N) is 1. The first kappa shape index (κ1) is 12.6. The maximum Gasteiger partial charge on any atom is 0.328 e. The van der Waals surface area contributed by atoms with E-state index in [2.05, 4.69) is 0 Å². The molecule has 2 aromatic rings. The van der Waals surface area contributed by atoms with Crippen molar-refractivity contribution in [2.45, 2.75) is 20.0 Å². The van der Waals surface area contributed by atoms with Crippen LogP contribution in [0.5, 0.6) is 0 Å². The number of aromatic nitrogens is 2. The summed E-state index contributed by atoms with van der Waals surface area (Å²) in [6.45, 7) is 3.19. The Morgan fingerprint density at radius 3 is 2.33 bits per heavy atom. The highest BCUT2D eigenvalue weighted by atomic mass is 32.1. The molecular weight excluding hydrogens is 246 g/mol. The van der Waals surface area contributed by atoms with E-state index in [0.29, 0.717) is 18.1 Å². The zero-order valence-electron chi connectivity index (χ0n) is 10.2. The van der Waals surface area contributed by atoms with Gasteiger partial charge in [-0.2, -0.15) is 0 Å². The Balaban J connectivity index is 2.21. The van der Waals surface area contributed by atoms with Crippen molar-refractivity contribution in [2.75, 3.05) is 0 Å². The van der Waals surface area contributed by atoms with Crippen LogP contribution in [0.2, 0.25) is 0 Å².